The molecular formula is C13H11ClF6O4S. The number of carboxylic acid groups (broad SMARTS) is 1. The number of hydrogen-bond acceptors (Lipinski definition) is 3. The van der Waals surface area contributed by atoms with Crippen LogP contribution in [0.3, 0.4) is 0 Å². The number of carbonyl (C=O) groups is 1. The summed E-state index contributed by atoms with van der Waals surface area (Å²) in [5.41, 5.74) is -1.26. The van der Waals surface area contributed by atoms with E-state index in [1.165, 1.54) is 0 Å². The SMILES string of the molecule is O=C(O)C(Cl)(Cc1ccc(C(F)(F)F)cc1)S(=O)(=O)CCC(F)(F)F. The molecule has 0 spiro atoms. The zero-order valence-electron chi connectivity index (χ0n) is 12.2. The maximum Gasteiger partial charge on any atom is 0.416 e. The Bertz CT molecular complexity index is 726. The number of aliphatic carboxylic acids is 1. The lowest BCUT2D eigenvalue weighted by Crippen LogP contribution is -2.45. The van der Waals surface area contributed by atoms with Crippen molar-refractivity contribution in [1.82, 2.24) is 0 Å². The van der Waals surface area contributed by atoms with Gasteiger partial charge >= 0.3 is 18.3 Å². The molecule has 0 saturated heterocycles. The van der Waals surface area contributed by atoms with E-state index in [4.69, 9.17) is 16.7 Å². The fourth-order valence-electron chi connectivity index (χ4n) is 1.80. The molecule has 1 unspecified atom stereocenters. The number of sulfone groups is 1. The third kappa shape index (κ3) is 5.50. The van der Waals surface area contributed by atoms with Crippen LogP contribution in [-0.4, -0.2) is 35.6 Å². The van der Waals surface area contributed by atoms with Gasteiger partial charge in [-0.3, -0.25) is 0 Å². The van der Waals surface area contributed by atoms with Gasteiger partial charge in [0.15, 0.2) is 9.84 Å². The van der Waals surface area contributed by atoms with Crippen LogP contribution in [0.5, 0.6) is 0 Å². The smallest absolute Gasteiger partial charge is 0.416 e. The lowest BCUT2D eigenvalue weighted by atomic mass is 10.1. The molecule has 0 radical (unpaired) electrons. The van der Waals surface area contributed by atoms with Gasteiger partial charge < -0.3 is 5.11 Å². The van der Waals surface area contributed by atoms with Crippen LogP contribution >= 0.6 is 11.6 Å². The first kappa shape index (κ1) is 21.6. The molecule has 0 amide bonds. The molecule has 0 aliphatic heterocycles. The normalized spacial score (nSPS) is 15.6. The first-order valence-electron chi connectivity index (χ1n) is 6.46. The summed E-state index contributed by atoms with van der Waals surface area (Å²) in [6, 6.07) is 2.78. The second kappa shape index (κ2) is 7.02. The minimum absolute atomic E-state index is 0.194. The van der Waals surface area contributed by atoms with E-state index in [1.54, 1.807) is 0 Å². The molecule has 1 aromatic carbocycles. The van der Waals surface area contributed by atoms with E-state index in [-0.39, 0.29) is 5.56 Å². The second-order valence-electron chi connectivity index (χ2n) is 5.09. The van der Waals surface area contributed by atoms with Crippen molar-refractivity contribution in [2.75, 3.05) is 5.75 Å². The number of halogens is 7. The summed E-state index contributed by atoms with van der Waals surface area (Å²) in [5, 5.41) is 9.07. The Hall–Kier alpha value is -1.49. The average Bonchev–Trinajstić information content (AvgIpc) is 2.43. The average molecular weight is 413 g/mol. The Kier molecular flexibility index (Phi) is 6.05. The van der Waals surface area contributed by atoms with Crippen molar-refractivity contribution in [2.45, 2.75) is 29.4 Å². The molecule has 0 aliphatic rings. The molecule has 0 aliphatic carbocycles. The molecule has 12 heteroatoms. The van der Waals surface area contributed by atoms with Gasteiger partial charge in [0.25, 0.3) is 0 Å². The highest BCUT2D eigenvalue weighted by Crippen LogP contribution is 2.33. The summed E-state index contributed by atoms with van der Waals surface area (Å²) in [7, 11) is -4.97. The van der Waals surface area contributed by atoms with Crippen LogP contribution < -0.4 is 0 Å². The zero-order chi connectivity index (χ0) is 19.7. The van der Waals surface area contributed by atoms with Crippen LogP contribution in [0, 0.1) is 0 Å². The van der Waals surface area contributed by atoms with Crippen LogP contribution in [0.1, 0.15) is 17.5 Å². The van der Waals surface area contributed by atoms with E-state index < -0.39 is 56.5 Å². The van der Waals surface area contributed by atoms with Crippen LogP contribution in [0.25, 0.3) is 0 Å². The highest BCUT2D eigenvalue weighted by atomic mass is 35.5. The molecule has 25 heavy (non-hydrogen) atoms. The Morgan fingerprint density at radius 1 is 1.04 bits per heavy atom. The number of hydrogen-bond donors (Lipinski definition) is 1. The van der Waals surface area contributed by atoms with Crippen LogP contribution in [0.2, 0.25) is 0 Å². The molecule has 4 nitrogen and oxygen atoms in total. The highest BCUT2D eigenvalue weighted by molar-refractivity contribution is 7.95. The molecule has 0 saturated carbocycles. The van der Waals surface area contributed by atoms with E-state index in [2.05, 4.69) is 0 Å². The Balaban J connectivity index is 3.12. The summed E-state index contributed by atoms with van der Waals surface area (Å²) in [6.45, 7) is 0. The fraction of sp³-hybridized carbons (Fsp3) is 0.462. The Morgan fingerprint density at radius 2 is 1.52 bits per heavy atom. The van der Waals surface area contributed by atoms with Gasteiger partial charge in [0, 0.05) is 6.42 Å². The second-order valence-corrected chi connectivity index (χ2v) is 8.29. The molecule has 1 rings (SSSR count). The lowest BCUT2D eigenvalue weighted by Gasteiger charge is -2.23. The van der Waals surface area contributed by atoms with Gasteiger partial charge in [-0.2, -0.15) is 26.3 Å². The van der Waals surface area contributed by atoms with Crippen molar-refractivity contribution in [3.8, 4) is 0 Å². The summed E-state index contributed by atoms with van der Waals surface area (Å²) in [5.74, 6) is -3.68. The predicted octanol–water partition coefficient (Wildman–Crippen LogP) is 3.63. The monoisotopic (exact) mass is 412 g/mol. The molecule has 0 bridgehead atoms. The Labute approximate surface area is 143 Å². The van der Waals surface area contributed by atoms with Gasteiger partial charge in [0.05, 0.1) is 17.7 Å². The third-order valence-corrected chi connectivity index (χ3v) is 6.23. The van der Waals surface area contributed by atoms with Gasteiger partial charge in [-0.25, -0.2) is 13.2 Å². The quantitative estimate of drug-likeness (QED) is 0.572. The summed E-state index contributed by atoms with van der Waals surface area (Å²) in [6.07, 6.45) is -12.3. The number of carboxylic acids is 1. The van der Waals surface area contributed by atoms with Crippen molar-refractivity contribution in [2.24, 2.45) is 0 Å². The van der Waals surface area contributed by atoms with E-state index in [0.717, 1.165) is 12.1 Å². The number of rotatable bonds is 6. The Morgan fingerprint density at radius 3 is 1.88 bits per heavy atom. The first-order valence-corrected chi connectivity index (χ1v) is 8.49. The first-order chi connectivity index (χ1) is 11.1. The van der Waals surface area contributed by atoms with Crippen molar-refractivity contribution in [3.05, 3.63) is 35.4 Å². The van der Waals surface area contributed by atoms with Crippen molar-refractivity contribution >= 4 is 27.4 Å². The van der Waals surface area contributed by atoms with Gasteiger partial charge in [-0.1, -0.05) is 23.7 Å². The van der Waals surface area contributed by atoms with E-state index >= 15 is 0 Å². The van der Waals surface area contributed by atoms with Crippen LogP contribution in [-0.2, 0) is 27.2 Å². The summed E-state index contributed by atoms with van der Waals surface area (Å²) in [4.78, 5) is 11.3. The minimum atomic E-state index is -4.97. The van der Waals surface area contributed by atoms with E-state index in [1.807, 2.05) is 0 Å². The topological polar surface area (TPSA) is 71.4 Å². The van der Waals surface area contributed by atoms with E-state index in [9.17, 15) is 39.6 Å². The summed E-state index contributed by atoms with van der Waals surface area (Å²) < 4.78 is 94.8. The molecule has 0 aromatic heterocycles. The van der Waals surface area contributed by atoms with Gasteiger partial charge in [0.2, 0.25) is 4.21 Å². The predicted molar refractivity (Wildman–Crippen MR) is 75.8 cm³/mol. The summed E-state index contributed by atoms with van der Waals surface area (Å²) >= 11 is 5.58. The molecule has 0 fully saturated rings. The zero-order valence-corrected chi connectivity index (χ0v) is 13.7. The molecular weight excluding hydrogens is 402 g/mol. The van der Waals surface area contributed by atoms with Gasteiger partial charge in [0.1, 0.15) is 0 Å². The van der Waals surface area contributed by atoms with Crippen molar-refractivity contribution < 1.29 is 44.7 Å². The van der Waals surface area contributed by atoms with Crippen LogP contribution in [0.4, 0.5) is 26.3 Å². The molecule has 1 atom stereocenters. The minimum Gasteiger partial charge on any atom is -0.479 e. The molecule has 1 N–H and O–H groups in total. The molecule has 142 valence electrons. The molecule has 0 heterocycles. The van der Waals surface area contributed by atoms with Crippen molar-refractivity contribution in [3.63, 3.8) is 0 Å². The maximum absolute atomic E-state index is 12.5. The maximum atomic E-state index is 12.5. The van der Waals surface area contributed by atoms with Crippen LogP contribution in [0.15, 0.2) is 24.3 Å². The highest BCUT2D eigenvalue weighted by Gasteiger charge is 2.50. The van der Waals surface area contributed by atoms with E-state index in [0.29, 0.717) is 12.1 Å². The largest absolute Gasteiger partial charge is 0.479 e. The standard InChI is InChI=1S/C13H11ClF6O4S/c14-11(10(21)22,25(23,24)6-5-12(15,16)17)7-8-1-3-9(4-2-8)13(18,19)20/h1-4H,5-7H2,(H,21,22). The molecule has 1 aromatic rings. The number of alkyl halides is 7. The third-order valence-electron chi connectivity index (χ3n) is 3.18. The number of benzene rings is 1. The fourth-order valence-corrected chi connectivity index (χ4v) is 3.67. The van der Waals surface area contributed by atoms with Gasteiger partial charge in [-0.05, 0) is 17.7 Å². The lowest BCUT2D eigenvalue weighted by molar-refractivity contribution is -0.138. The van der Waals surface area contributed by atoms with Crippen molar-refractivity contribution in [1.29, 1.82) is 0 Å². The van der Waals surface area contributed by atoms with Gasteiger partial charge in [-0.15, -0.1) is 0 Å².